The molecule has 1 saturated carbocycles. The Morgan fingerprint density at radius 1 is 0.818 bits per heavy atom. The molecule has 0 aliphatic heterocycles. The molecule has 0 spiro atoms. The Kier molecular flexibility index (Phi) is 9.61. The summed E-state index contributed by atoms with van der Waals surface area (Å²) in [5, 5.41) is 11.1. The van der Waals surface area contributed by atoms with Crippen LogP contribution in [0.2, 0.25) is 0 Å². The van der Waals surface area contributed by atoms with Gasteiger partial charge in [0.15, 0.2) is 0 Å². The number of hydrogen-bond donors (Lipinski definition) is 3. The van der Waals surface area contributed by atoms with Crippen molar-refractivity contribution in [3.05, 3.63) is 102 Å². The molecule has 224 valence electrons. The Labute approximate surface area is 254 Å². The quantitative estimate of drug-likeness (QED) is 0.0844. The number of anilines is 1. The van der Waals surface area contributed by atoms with Gasteiger partial charge < -0.3 is 20.1 Å². The molecule has 10 nitrogen and oxygen atoms in total. The maximum absolute atomic E-state index is 12.9. The minimum absolute atomic E-state index is 0.0899. The average molecular weight is 593 g/mol. The molecule has 4 aromatic rings. The molecule has 10 heteroatoms. The van der Waals surface area contributed by atoms with Gasteiger partial charge in [0.25, 0.3) is 5.91 Å². The number of ether oxygens (including phenoxy) is 2. The lowest BCUT2D eigenvalue weighted by Crippen LogP contribution is -2.37. The highest BCUT2D eigenvalue weighted by atomic mass is 16.5. The zero-order valence-corrected chi connectivity index (χ0v) is 24.2. The van der Waals surface area contributed by atoms with Gasteiger partial charge in [-0.25, -0.2) is 10.2 Å². The molecular formula is C34H32N4O6. The average Bonchev–Trinajstić information content (AvgIpc) is 3.06. The normalized spacial score (nSPS) is 13.3. The zero-order valence-electron chi connectivity index (χ0n) is 24.2. The highest BCUT2D eigenvalue weighted by molar-refractivity contribution is 6.40. The maximum Gasteiger partial charge on any atom is 0.343 e. The first kappa shape index (κ1) is 30.0. The molecule has 0 saturated heterocycles. The van der Waals surface area contributed by atoms with Crippen molar-refractivity contribution < 1.29 is 28.7 Å². The molecule has 44 heavy (non-hydrogen) atoms. The molecule has 1 aliphatic rings. The van der Waals surface area contributed by atoms with E-state index in [1.165, 1.54) is 13.3 Å². The first-order valence-electron chi connectivity index (χ1n) is 14.3. The molecule has 0 atom stereocenters. The minimum Gasteiger partial charge on any atom is -0.497 e. The highest BCUT2D eigenvalue weighted by Crippen LogP contribution is 2.28. The standard InChI is InChI=1S/C34H32N4O6/c1-43-25-18-15-23(16-19-25)34(42)44-30-20-17-22-9-5-6-12-26(22)28(30)21-35-38-33(41)32(40)37-29-14-8-7-13-27(29)31(39)36-24-10-3-2-4-11-24/h5-9,12-21,24H,2-4,10-11H2,1H3,(H,36,39)(H,37,40)(H,38,41). The number of methoxy groups -OCH3 is 1. The molecule has 3 amide bonds. The summed E-state index contributed by atoms with van der Waals surface area (Å²) < 4.78 is 10.8. The third-order valence-electron chi connectivity index (χ3n) is 7.39. The van der Waals surface area contributed by atoms with E-state index in [9.17, 15) is 19.2 Å². The molecule has 1 aliphatic carbocycles. The topological polar surface area (TPSA) is 135 Å². The number of carbonyl (C=O) groups is 4. The molecule has 5 rings (SSSR count). The van der Waals surface area contributed by atoms with Crippen molar-refractivity contribution in [3.63, 3.8) is 0 Å². The van der Waals surface area contributed by atoms with Gasteiger partial charge in [0, 0.05) is 11.6 Å². The summed E-state index contributed by atoms with van der Waals surface area (Å²) >= 11 is 0. The lowest BCUT2D eigenvalue weighted by Gasteiger charge is -2.23. The molecular weight excluding hydrogens is 560 g/mol. The summed E-state index contributed by atoms with van der Waals surface area (Å²) in [5.74, 6) is -2.12. The molecule has 1 fully saturated rings. The van der Waals surface area contributed by atoms with Crippen LogP contribution in [0.15, 0.2) is 90.0 Å². The number of esters is 1. The van der Waals surface area contributed by atoms with Crippen molar-refractivity contribution in [1.29, 1.82) is 0 Å². The van der Waals surface area contributed by atoms with Crippen LogP contribution in [0.3, 0.4) is 0 Å². The fourth-order valence-corrected chi connectivity index (χ4v) is 5.07. The number of hydrazone groups is 1. The van der Waals surface area contributed by atoms with Gasteiger partial charge >= 0.3 is 17.8 Å². The van der Waals surface area contributed by atoms with Gasteiger partial charge in [-0.05, 0) is 66.1 Å². The predicted molar refractivity (Wildman–Crippen MR) is 167 cm³/mol. The van der Waals surface area contributed by atoms with Crippen molar-refractivity contribution in [2.24, 2.45) is 5.10 Å². The van der Waals surface area contributed by atoms with Gasteiger partial charge in [0.2, 0.25) is 0 Å². The first-order valence-corrected chi connectivity index (χ1v) is 14.3. The van der Waals surface area contributed by atoms with Gasteiger partial charge in [-0.3, -0.25) is 14.4 Å². The monoisotopic (exact) mass is 592 g/mol. The summed E-state index contributed by atoms with van der Waals surface area (Å²) in [5.41, 5.74) is 3.44. The Bertz CT molecular complexity index is 1710. The fraction of sp³-hybridized carbons (Fsp3) is 0.206. The Balaban J connectivity index is 1.28. The highest BCUT2D eigenvalue weighted by Gasteiger charge is 2.21. The molecule has 0 bridgehead atoms. The third kappa shape index (κ3) is 7.27. The second-order valence-corrected chi connectivity index (χ2v) is 10.3. The van der Waals surface area contributed by atoms with E-state index in [-0.39, 0.29) is 28.9 Å². The summed E-state index contributed by atoms with van der Waals surface area (Å²) in [6, 6.07) is 23.9. The van der Waals surface area contributed by atoms with E-state index in [1.54, 1.807) is 60.7 Å². The molecule has 0 radical (unpaired) electrons. The van der Waals surface area contributed by atoms with Crippen LogP contribution in [0.4, 0.5) is 5.69 Å². The minimum atomic E-state index is -1.04. The van der Waals surface area contributed by atoms with Crippen LogP contribution in [0.1, 0.15) is 58.4 Å². The Morgan fingerprint density at radius 2 is 1.55 bits per heavy atom. The number of nitrogens with one attached hydrogen (secondary N) is 3. The van der Waals surface area contributed by atoms with Crippen LogP contribution in [0.5, 0.6) is 11.5 Å². The van der Waals surface area contributed by atoms with Crippen LogP contribution in [0.25, 0.3) is 10.8 Å². The van der Waals surface area contributed by atoms with E-state index in [0.29, 0.717) is 22.3 Å². The number of rotatable bonds is 8. The molecule has 4 aromatic carbocycles. The summed E-state index contributed by atoms with van der Waals surface area (Å²) in [4.78, 5) is 51.2. The van der Waals surface area contributed by atoms with Crippen molar-refractivity contribution in [1.82, 2.24) is 10.7 Å². The van der Waals surface area contributed by atoms with Crippen molar-refractivity contribution in [2.45, 2.75) is 38.1 Å². The largest absolute Gasteiger partial charge is 0.497 e. The van der Waals surface area contributed by atoms with Crippen molar-refractivity contribution in [2.75, 3.05) is 12.4 Å². The number of para-hydroxylation sites is 1. The number of amides is 3. The van der Waals surface area contributed by atoms with Crippen LogP contribution < -0.4 is 25.5 Å². The van der Waals surface area contributed by atoms with Crippen LogP contribution in [-0.4, -0.2) is 43.1 Å². The number of fused-ring (bicyclic) bond motifs is 1. The second kappa shape index (κ2) is 14.1. The van der Waals surface area contributed by atoms with E-state index in [2.05, 4.69) is 21.2 Å². The Morgan fingerprint density at radius 3 is 2.32 bits per heavy atom. The SMILES string of the molecule is COc1ccc(C(=O)Oc2ccc3ccccc3c2C=NNC(=O)C(=O)Nc2ccccc2C(=O)NC2CCCCC2)cc1. The molecule has 0 unspecified atom stereocenters. The van der Waals surface area contributed by atoms with E-state index in [1.807, 2.05) is 24.3 Å². The van der Waals surface area contributed by atoms with Crippen molar-refractivity contribution >= 4 is 46.4 Å². The first-order chi connectivity index (χ1) is 21.4. The number of hydrogen-bond acceptors (Lipinski definition) is 7. The smallest absolute Gasteiger partial charge is 0.343 e. The zero-order chi connectivity index (χ0) is 30.9. The van der Waals surface area contributed by atoms with E-state index in [4.69, 9.17) is 9.47 Å². The van der Waals surface area contributed by atoms with Crippen molar-refractivity contribution in [3.8, 4) is 11.5 Å². The second-order valence-electron chi connectivity index (χ2n) is 10.3. The molecule has 0 heterocycles. The molecule has 3 N–H and O–H groups in total. The van der Waals surface area contributed by atoms with E-state index >= 15 is 0 Å². The third-order valence-corrected chi connectivity index (χ3v) is 7.39. The Hall–Kier alpha value is -5.51. The predicted octanol–water partition coefficient (Wildman–Crippen LogP) is 5.22. The summed E-state index contributed by atoms with van der Waals surface area (Å²) in [7, 11) is 1.53. The summed E-state index contributed by atoms with van der Waals surface area (Å²) in [6.45, 7) is 0. The summed E-state index contributed by atoms with van der Waals surface area (Å²) in [6.07, 6.45) is 6.44. The van der Waals surface area contributed by atoms with Gasteiger partial charge in [-0.15, -0.1) is 0 Å². The van der Waals surface area contributed by atoms with Gasteiger partial charge in [0.05, 0.1) is 30.1 Å². The van der Waals surface area contributed by atoms with Gasteiger partial charge in [-0.1, -0.05) is 61.7 Å². The van der Waals surface area contributed by atoms with Gasteiger partial charge in [-0.2, -0.15) is 5.10 Å². The maximum atomic E-state index is 12.9. The fourth-order valence-electron chi connectivity index (χ4n) is 5.07. The number of benzene rings is 4. The van der Waals surface area contributed by atoms with E-state index < -0.39 is 17.8 Å². The van der Waals surface area contributed by atoms with Crippen LogP contribution >= 0.6 is 0 Å². The van der Waals surface area contributed by atoms with E-state index in [0.717, 1.165) is 37.5 Å². The number of nitrogens with zero attached hydrogens (tertiary/aromatic N) is 1. The van der Waals surface area contributed by atoms with Crippen LogP contribution in [-0.2, 0) is 9.59 Å². The van der Waals surface area contributed by atoms with Gasteiger partial charge in [0.1, 0.15) is 11.5 Å². The number of carbonyl (C=O) groups excluding carboxylic acids is 4. The molecule has 0 aromatic heterocycles. The lowest BCUT2D eigenvalue weighted by molar-refractivity contribution is -0.136. The lowest BCUT2D eigenvalue weighted by atomic mass is 9.95. The van der Waals surface area contributed by atoms with Crippen LogP contribution in [0, 0.1) is 0 Å².